The Kier molecular flexibility index (Phi) is 25.1. The van der Waals surface area contributed by atoms with Crippen LogP contribution in [-0.4, -0.2) is 132 Å². The van der Waals surface area contributed by atoms with Gasteiger partial charge in [-0.3, -0.25) is 24.5 Å². The standard InChI is InChI=1S/C9H19NO.2C9H19N.C8H17N.C7H15N.2CH4/c1-9(2,3)8-10-4-6-11-7-5-10;2*1-9(2,3)10-7-5-4-6-8-10;1-8(2,3)9-6-4-5-7-9;1-7(2,3)8-5-4-6-8;;/h4-8H2,1-3H3;2*4-8H2,1-3H3;4-7H2,1-3H3;4-6H2,1-3H3;2*1H4. The van der Waals surface area contributed by atoms with E-state index in [1.54, 1.807) is 0 Å². The van der Waals surface area contributed by atoms with Gasteiger partial charge in [0.15, 0.2) is 0 Å². The lowest BCUT2D eigenvalue weighted by Crippen LogP contribution is -2.49. The minimum absolute atomic E-state index is 0. The molecule has 5 aliphatic rings. The molecule has 0 N–H and O–H groups in total. The molecule has 0 atom stereocenters. The molecule has 0 aromatic heterocycles. The normalized spacial score (nSPS) is 21.9. The lowest BCUT2D eigenvalue weighted by atomic mass is 9.96. The SMILES string of the molecule is C.C.CC(C)(C)CN1CCOCC1.CC(C)(C)N1CCC1.CC(C)(C)N1CCCC1.CC(C)(C)N1CCCCC1.CC(C)(C)N1CCCCC1. The molecule has 0 unspecified atom stereocenters. The first-order valence-electron chi connectivity index (χ1n) is 20.3. The first-order valence-corrected chi connectivity index (χ1v) is 20.3. The molecular formula is C44H97N5O. The number of nitrogens with zero attached hydrogens (tertiary/aromatic N) is 5. The van der Waals surface area contributed by atoms with Gasteiger partial charge in [0.05, 0.1) is 13.2 Å². The van der Waals surface area contributed by atoms with Crippen molar-refractivity contribution in [2.45, 2.75) is 199 Å². The van der Waals surface area contributed by atoms with Crippen molar-refractivity contribution in [1.82, 2.24) is 24.5 Å². The fourth-order valence-electron chi connectivity index (χ4n) is 6.93. The highest BCUT2D eigenvalue weighted by Crippen LogP contribution is 2.22. The predicted octanol–water partition coefficient (Wildman–Crippen LogP) is 10.5. The van der Waals surface area contributed by atoms with Crippen LogP contribution < -0.4 is 0 Å². The maximum absolute atomic E-state index is 5.27. The molecule has 0 spiro atoms. The lowest BCUT2D eigenvalue weighted by molar-refractivity contribution is 0.0236. The number of hydrogen-bond acceptors (Lipinski definition) is 6. The van der Waals surface area contributed by atoms with E-state index in [1.807, 2.05) is 0 Å². The summed E-state index contributed by atoms with van der Waals surface area (Å²) in [4.78, 5) is 12.7. The summed E-state index contributed by atoms with van der Waals surface area (Å²) in [5.41, 5.74) is 2.08. The molecule has 50 heavy (non-hydrogen) atoms. The molecule has 0 aromatic rings. The molecule has 0 radical (unpaired) electrons. The van der Waals surface area contributed by atoms with Gasteiger partial charge in [-0.15, -0.1) is 0 Å². The molecule has 5 saturated heterocycles. The van der Waals surface area contributed by atoms with Gasteiger partial charge in [-0.2, -0.15) is 0 Å². The Labute approximate surface area is 317 Å². The molecule has 0 saturated carbocycles. The molecule has 304 valence electrons. The number of morpholine rings is 1. The summed E-state index contributed by atoms with van der Waals surface area (Å²) in [5.74, 6) is 0. The molecule has 6 nitrogen and oxygen atoms in total. The Hall–Kier alpha value is -0.240. The zero-order valence-electron chi connectivity index (χ0n) is 35.7. The van der Waals surface area contributed by atoms with E-state index >= 15 is 0 Å². The van der Waals surface area contributed by atoms with Crippen LogP contribution >= 0.6 is 0 Å². The summed E-state index contributed by atoms with van der Waals surface area (Å²) in [7, 11) is 0. The molecule has 5 heterocycles. The average Bonchev–Trinajstić information content (AvgIpc) is 3.49. The zero-order valence-corrected chi connectivity index (χ0v) is 35.7. The topological polar surface area (TPSA) is 25.4 Å². The summed E-state index contributed by atoms with van der Waals surface area (Å²) >= 11 is 0. The van der Waals surface area contributed by atoms with Crippen LogP contribution in [0.25, 0.3) is 0 Å². The Morgan fingerprint density at radius 3 is 0.760 bits per heavy atom. The van der Waals surface area contributed by atoms with Crippen molar-refractivity contribution in [3.8, 4) is 0 Å². The first kappa shape index (κ1) is 51.9. The molecular weight excluding hydrogens is 615 g/mol. The third-order valence-electron chi connectivity index (χ3n) is 10.3. The highest BCUT2D eigenvalue weighted by molar-refractivity contribution is 4.82. The Morgan fingerprint density at radius 2 is 0.580 bits per heavy atom. The van der Waals surface area contributed by atoms with Crippen LogP contribution in [0.3, 0.4) is 0 Å². The van der Waals surface area contributed by atoms with E-state index in [0.717, 1.165) is 26.3 Å². The maximum Gasteiger partial charge on any atom is 0.0594 e. The van der Waals surface area contributed by atoms with E-state index in [4.69, 9.17) is 4.74 Å². The minimum atomic E-state index is 0. The largest absolute Gasteiger partial charge is 0.379 e. The van der Waals surface area contributed by atoms with Crippen LogP contribution in [0.15, 0.2) is 0 Å². The highest BCUT2D eigenvalue weighted by Gasteiger charge is 2.26. The summed E-state index contributed by atoms with van der Waals surface area (Å²) in [6, 6.07) is 0. The molecule has 5 fully saturated rings. The van der Waals surface area contributed by atoms with Gasteiger partial charge in [-0.1, -0.05) is 48.5 Å². The third-order valence-corrected chi connectivity index (χ3v) is 10.3. The monoisotopic (exact) mass is 712 g/mol. The maximum atomic E-state index is 5.27. The van der Waals surface area contributed by atoms with Crippen molar-refractivity contribution in [3.05, 3.63) is 0 Å². The lowest BCUT2D eigenvalue weighted by Gasteiger charge is -2.42. The number of likely N-dealkylation sites (tertiary alicyclic amines) is 4. The molecule has 0 aromatic carbocycles. The van der Waals surface area contributed by atoms with Crippen molar-refractivity contribution < 1.29 is 4.74 Å². The third kappa shape index (κ3) is 24.1. The summed E-state index contributed by atoms with van der Waals surface area (Å²) < 4.78 is 5.27. The van der Waals surface area contributed by atoms with Gasteiger partial charge < -0.3 is 4.74 Å². The molecule has 0 amide bonds. The van der Waals surface area contributed by atoms with E-state index in [-0.39, 0.29) is 14.9 Å². The van der Waals surface area contributed by atoms with Crippen molar-refractivity contribution in [2.75, 3.05) is 85.2 Å². The summed E-state index contributed by atoms with van der Waals surface area (Å²) in [6.45, 7) is 50.0. The number of rotatable bonds is 1. The second kappa shape index (κ2) is 24.2. The van der Waals surface area contributed by atoms with Gasteiger partial charge in [0.25, 0.3) is 0 Å². The van der Waals surface area contributed by atoms with Crippen LogP contribution in [0.4, 0.5) is 0 Å². The average molecular weight is 712 g/mol. The van der Waals surface area contributed by atoms with E-state index < -0.39 is 0 Å². The van der Waals surface area contributed by atoms with Crippen LogP contribution in [0.1, 0.15) is 176 Å². The van der Waals surface area contributed by atoms with Crippen LogP contribution in [0.5, 0.6) is 0 Å². The quantitative estimate of drug-likeness (QED) is 0.269. The van der Waals surface area contributed by atoms with Crippen molar-refractivity contribution >= 4 is 0 Å². The molecule has 0 aliphatic carbocycles. The minimum Gasteiger partial charge on any atom is -0.379 e. The Morgan fingerprint density at radius 1 is 0.340 bits per heavy atom. The predicted molar refractivity (Wildman–Crippen MR) is 227 cm³/mol. The van der Waals surface area contributed by atoms with Gasteiger partial charge in [-0.25, -0.2) is 0 Å². The fraction of sp³-hybridized carbons (Fsp3) is 1.00. The second-order valence-electron chi connectivity index (χ2n) is 20.3. The second-order valence-corrected chi connectivity index (χ2v) is 20.3. The van der Waals surface area contributed by atoms with Crippen LogP contribution in [0, 0.1) is 5.41 Å². The van der Waals surface area contributed by atoms with Crippen molar-refractivity contribution in [1.29, 1.82) is 0 Å². The van der Waals surface area contributed by atoms with Crippen LogP contribution in [-0.2, 0) is 4.74 Å². The number of piperidine rings is 2. The number of hydrogen-bond donors (Lipinski definition) is 0. The number of ether oxygens (including phenoxy) is 1. The Bertz CT molecular complexity index is 755. The summed E-state index contributed by atoms with van der Waals surface area (Å²) in [5, 5.41) is 0. The van der Waals surface area contributed by atoms with E-state index in [2.05, 4.69) is 128 Å². The van der Waals surface area contributed by atoms with Crippen molar-refractivity contribution in [2.24, 2.45) is 5.41 Å². The van der Waals surface area contributed by atoms with Gasteiger partial charge in [0, 0.05) is 41.8 Å². The van der Waals surface area contributed by atoms with E-state index in [9.17, 15) is 0 Å². The van der Waals surface area contributed by atoms with Crippen molar-refractivity contribution in [3.63, 3.8) is 0 Å². The zero-order chi connectivity index (χ0) is 36.7. The fourth-order valence-corrected chi connectivity index (χ4v) is 6.93. The van der Waals surface area contributed by atoms with Gasteiger partial charge in [-0.05, 0) is 186 Å². The molecule has 5 rings (SSSR count). The molecule has 5 aliphatic heterocycles. The van der Waals surface area contributed by atoms with Crippen LogP contribution in [0.2, 0.25) is 0 Å². The smallest absolute Gasteiger partial charge is 0.0594 e. The molecule has 6 heteroatoms. The molecule has 0 bridgehead atoms. The van der Waals surface area contributed by atoms with Gasteiger partial charge in [0.1, 0.15) is 0 Å². The highest BCUT2D eigenvalue weighted by atomic mass is 16.5. The summed E-state index contributed by atoms with van der Waals surface area (Å²) in [6.07, 6.45) is 12.7. The Balaban J connectivity index is 0. The van der Waals surface area contributed by atoms with Gasteiger partial charge >= 0.3 is 0 Å². The van der Waals surface area contributed by atoms with E-state index in [0.29, 0.717) is 27.6 Å². The first-order chi connectivity index (χ1) is 22.0. The van der Waals surface area contributed by atoms with Gasteiger partial charge in [0.2, 0.25) is 0 Å². The van der Waals surface area contributed by atoms with E-state index in [1.165, 1.54) is 117 Å².